The highest BCUT2D eigenvalue weighted by Crippen LogP contribution is 2.25. The lowest BCUT2D eigenvalue weighted by Gasteiger charge is -2.12. The number of halogens is 2. The van der Waals surface area contributed by atoms with Crippen LogP contribution in [0.2, 0.25) is 10.0 Å². The van der Waals surface area contributed by atoms with E-state index in [4.69, 9.17) is 23.2 Å². The van der Waals surface area contributed by atoms with E-state index in [0.717, 1.165) is 16.8 Å². The molecular formula is C20H18Cl2N4O2S. The molecule has 1 saturated heterocycles. The normalized spacial score (nSPS) is 17.7. The molecular weight excluding hydrogens is 431 g/mol. The Morgan fingerprint density at radius 1 is 1.24 bits per heavy atom. The Morgan fingerprint density at radius 2 is 1.97 bits per heavy atom. The highest BCUT2D eigenvalue weighted by molar-refractivity contribution is 8.15. The Hall–Kier alpha value is -2.35. The van der Waals surface area contributed by atoms with E-state index in [1.165, 1.54) is 18.0 Å². The Morgan fingerprint density at radius 3 is 2.66 bits per heavy atom. The van der Waals surface area contributed by atoms with E-state index in [0.29, 0.717) is 20.8 Å². The molecule has 1 atom stereocenters. The predicted octanol–water partition coefficient (Wildman–Crippen LogP) is 4.56. The molecule has 1 aliphatic heterocycles. The quantitative estimate of drug-likeness (QED) is 0.519. The number of nitrogens with zero attached hydrogens (tertiary/aromatic N) is 2. The number of amidine groups is 1. The number of carbonyl (C=O) groups is 2. The van der Waals surface area contributed by atoms with Crippen molar-refractivity contribution in [2.75, 3.05) is 5.32 Å². The molecule has 1 fully saturated rings. The molecule has 150 valence electrons. The standard InChI is InChI=1S/C20H18Cl2N4O2S/c1-11-4-3-5-12(2)18(11)24-17(27)9-16-19(28)25-20(29-16)26-23-10-13-6-7-14(21)8-15(13)22/h3-8,10,16H,9H2,1-2H3,(H,24,27)(H,25,26,28)/b23-10-/t16-/m1/s1. The van der Waals surface area contributed by atoms with Gasteiger partial charge >= 0.3 is 0 Å². The Labute approximate surface area is 182 Å². The van der Waals surface area contributed by atoms with Crippen molar-refractivity contribution in [3.63, 3.8) is 0 Å². The minimum absolute atomic E-state index is 0.0377. The lowest BCUT2D eigenvalue weighted by molar-refractivity contribution is -0.122. The first kappa shape index (κ1) is 21.4. The number of rotatable bonds is 5. The number of amides is 2. The summed E-state index contributed by atoms with van der Waals surface area (Å²) < 4.78 is 0. The number of hydrogen-bond acceptors (Lipinski definition) is 5. The van der Waals surface area contributed by atoms with Crippen molar-refractivity contribution in [3.05, 3.63) is 63.1 Å². The van der Waals surface area contributed by atoms with Crippen LogP contribution in [0.15, 0.2) is 46.6 Å². The second kappa shape index (κ2) is 9.43. The third kappa shape index (κ3) is 5.59. The van der Waals surface area contributed by atoms with Crippen molar-refractivity contribution in [3.8, 4) is 0 Å². The summed E-state index contributed by atoms with van der Waals surface area (Å²) in [5, 5.41) is 14.2. The zero-order valence-electron chi connectivity index (χ0n) is 15.7. The Kier molecular flexibility index (Phi) is 6.95. The SMILES string of the molecule is Cc1cccc(C)c1NC(=O)C[C@H]1S/C(=N/N=C\c2ccc(Cl)cc2Cl)NC1=O. The van der Waals surface area contributed by atoms with Crippen LogP contribution in [0.4, 0.5) is 5.69 Å². The highest BCUT2D eigenvalue weighted by Gasteiger charge is 2.32. The van der Waals surface area contributed by atoms with Gasteiger partial charge in [0.25, 0.3) is 0 Å². The highest BCUT2D eigenvalue weighted by atomic mass is 35.5. The fraction of sp³-hybridized carbons (Fsp3) is 0.200. The van der Waals surface area contributed by atoms with Crippen LogP contribution in [0.3, 0.4) is 0 Å². The van der Waals surface area contributed by atoms with Crippen molar-refractivity contribution >= 4 is 63.8 Å². The molecule has 29 heavy (non-hydrogen) atoms. The van der Waals surface area contributed by atoms with Gasteiger partial charge in [-0.25, -0.2) is 0 Å². The second-order valence-corrected chi connectivity index (χ2v) is 8.47. The first-order chi connectivity index (χ1) is 13.8. The molecule has 0 bridgehead atoms. The third-order valence-electron chi connectivity index (χ3n) is 4.20. The van der Waals surface area contributed by atoms with Gasteiger partial charge in [0.15, 0.2) is 5.17 Å². The lowest BCUT2D eigenvalue weighted by Crippen LogP contribution is -2.28. The minimum atomic E-state index is -0.563. The summed E-state index contributed by atoms with van der Waals surface area (Å²) in [4.78, 5) is 24.5. The Bertz CT molecular complexity index is 1000. The van der Waals surface area contributed by atoms with E-state index in [1.807, 2.05) is 32.0 Å². The summed E-state index contributed by atoms with van der Waals surface area (Å²) in [6, 6.07) is 10.8. The van der Waals surface area contributed by atoms with E-state index < -0.39 is 5.25 Å². The van der Waals surface area contributed by atoms with Crippen LogP contribution in [-0.4, -0.2) is 28.4 Å². The van der Waals surface area contributed by atoms with Gasteiger partial charge in [-0.2, -0.15) is 5.10 Å². The van der Waals surface area contributed by atoms with Gasteiger partial charge < -0.3 is 10.6 Å². The maximum Gasteiger partial charge on any atom is 0.240 e. The van der Waals surface area contributed by atoms with Crippen LogP contribution < -0.4 is 10.6 Å². The molecule has 9 heteroatoms. The van der Waals surface area contributed by atoms with Crippen molar-refractivity contribution < 1.29 is 9.59 Å². The summed E-state index contributed by atoms with van der Waals surface area (Å²) in [6.07, 6.45) is 1.51. The molecule has 1 heterocycles. The van der Waals surface area contributed by atoms with E-state index in [2.05, 4.69) is 20.8 Å². The van der Waals surface area contributed by atoms with Crippen LogP contribution in [0.25, 0.3) is 0 Å². The topological polar surface area (TPSA) is 82.9 Å². The number of para-hydroxylation sites is 1. The third-order valence-corrected chi connectivity index (χ3v) is 5.84. The average molecular weight is 449 g/mol. The maximum atomic E-state index is 12.4. The van der Waals surface area contributed by atoms with Crippen LogP contribution >= 0.6 is 35.0 Å². The minimum Gasteiger partial charge on any atom is -0.326 e. The number of carbonyl (C=O) groups excluding carboxylic acids is 2. The van der Waals surface area contributed by atoms with E-state index in [-0.39, 0.29) is 18.2 Å². The number of nitrogens with one attached hydrogen (secondary N) is 2. The van der Waals surface area contributed by atoms with Crippen molar-refractivity contribution in [2.24, 2.45) is 10.2 Å². The van der Waals surface area contributed by atoms with Gasteiger partial charge in [0, 0.05) is 22.7 Å². The number of anilines is 1. The molecule has 3 rings (SSSR count). The number of benzene rings is 2. The maximum absolute atomic E-state index is 12.4. The summed E-state index contributed by atoms with van der Waals surface area (Å²) in [6.45, 7) is 3.85. The molecule has 0 spiro atoms. The second-order valence-electron chi connectivity index (χ2n) is 6.43. The number of hydrogen-bond donors (Lipinski definition) is 2. The molecule has 2 N–H and O–H groups in total. The molecule has 0 aliphatic carbocycles. The van der Waals surface area contributed by atoms with Crippen LogP contribution in [-0.2, 0) is 9.59 Å². The summed E-state index contributed by atoms with van der Waals surface area (Å²) >= 11 is 13.1. The van der Waals surface area contributed by atoms with Gasteiger partial charge in [-0.15, -0.1) is 5.10 Å². The van der Waals surface area contributed by atoms with E-state index >= 15 is 0 Å². The summed E-state index contributed by atoms with van der Waals surface area (Å²) in [5.41, 5.74) is 3.37. The first-order valence-electron chi connectivity index (χ1n) is 8.73. The van der Waals surface area contributed by atoms with Gasteiger partial charge in [-0.05, 0) is 37.1 Å². The molecule has 2 amide bonds. The zero-order valence-corrected chi connectivity index (χ0v) is 18.0. The number of thioether (sulfide) groups is 1. The largest absolute Gasteiger partial charge is 0.326 e. The molecule has 0 radical (unpaired) electrons. The van der Waals surface area contributed by atoms with Crippen LogP contribution in [0.1, 0.15) is 23.1 Å². The first-order valence-corrected chi connectivity index (χ1v) is 10.4. The molecule has 0 saturated carbocycles. The van der Waals surface area contributed by atoms with Gasteiger partial charge in [-0.3, -0.25) is 9.59 Å². The average Bonchev–Trinajstić information content (AvgIpc) is 2.99. The van der Waals surface area contributed by atoms with Crippen molar-refractivity contribution in [1.29, 1.82) is 0 Å². The fourth-order valence-corrected chi connectivity index (χ4v) is 4.09. The number of aryl methyl sites for hydroxylation is 2. The van der Waals surface area contributed by atoms with Crippen LogP contribution in [0, 0.1) is 13.8 Å². The molecule has 1 aliphatic rings. The summed E-state index contributed by atoms with van der Waals surface area (Å²) in [5.74, 6) is -0.502. The van der Waals surface area contributed by atoms with Crippen LogP contribution in [0.5, 0.6) is 0 Å². The smallest absolute Gasteiger partial charge is 0.240 e. The van der Waals surface area contributed by atoms with Gasteiger partial charge in [0.2, 0.25) is 11.8 Å². The van der Waals surface area contributed by atoms with Gasteiger partial charge in [-0.1, -0.05) is 59.2 Å². The fourth-order valence-electron chi connectivity index (χ4n) is 2.71. The molecule has 2 aromatic rings. The molecule has 2 aromatic carbocycles. The molecule has 0 aromatic heterocycles. The van der Waals surface area contributed by atoms with E-state index in [9.17, 15) is 9.59 Å². The van der Waals surface area contributed by atoms with Gasteiger partial charge in [0.1, 0.15) is 5.25 Å². The molecule has 6 nitrogen and oxygen atoms in total. The van der Waals surface area contributed by atoms with Crippen molar-refractivity contribution in [2.45, 2.75) is 25.5 Å². The lowest BCUT2D eigenvalue weighted by atomic mass is 10.1. The summed E-state index contributed by atoms with van der Waals surface area (Å²) in [7, 11) is 0. The Balaban J connectivity index is 1.60. The predicted molar refractivity (Wildman–Crippen MR) is 120 cm³/mol. The van der Waals surface area contributed by atoms with Gasteiger partial charge in [0.05, 0.1) is 11.2 Å². The molecule has 0 unspecified atom stereocenters. The van der Waals surface area contributed by atoms with E-state index in [1.54, 1.807) is 18.2 Å². The monoisotopic (exact) mass is 448 g/mol. The zero-order chi connectivity index (χ0) is 21.0. The van der Waals surface area contributed by atoms with Crippen molar-refractivity contribution in [1.82, 2.24) is 5.32 Å².